The second-order valence-corrected chi connectivity index (χ2v) is 5.01. The Morgan fingerprint density at radius 1 is 1.27 bits per heavy atom. The van der Waals surface area contributed by atoms with Crippen LogP contribution in [0.5, 0.6) is 0 Å². The van der Waals surface area contributed by atoms with E-state index < -0.39 is 0 Å². The smallest absolute Gasteiger partial charge is 0.272 e. The molecule has 0 aliphatic heterocycles. The average molecular weight is 301 g/mol. The maximum absolute atomic E-state index is 12.0. The van der Waals surface area contributed by atoms with Crippen LogP contribution in [0.4, 0.5) is 5.82 Å². The molecule has 2 heterocycles. The van der Waals surface area contributed by atoms with E-state index in [0.29, 0.717) is 12.2 Å². The summed E-state index contributed by atoms with van der Waals surface area (Å²) < 4.78 is 0. The zero-order valence-electron chi connectivity index (χ0n) is 13.4. The standard InChI is InChI=1S/C16H23N5O/c1-4-13-9-14(20-19-13)16(22)18-11-12-7-8-15(17-10-12)21(5-2)6-3/h7-10H,4-6,11H2,1-3H3,(H,18,22)(H,19,20). The second kappa shape index (κ2) is 7.59. The molecular weight excluding hydrogens is 278 g/mol. The molecule has 1 amide bonds. The Hall–Kier alpha value is -2.37. The number of aromatic nitrogens is 3. The number of carbonyl (C=O) groups excluding carboxylic acids is 1. The van der Waals surface area contributed by atoms with Crippen LogP contribution in [0.25, 0.3) is 0 Å². The van der Waals surface area contributed by atoms with E-state index in [1.807, 2.05) is 19.1 Å². The van der Waals surface area contributed by atoms with Crippen molar-refractivity contribution in [3.8, 4) is 0 Å². The van der Waals surface area contributed by atoms with Crippen LogP contribution in [-0.4, -0.2) is 34.2 Å². The molecule has 6 heteroatoms. The van der Waals surface area contributed by atoms with E-state index in [1.54, 1.807) is 12.3 Å². The number of carbonyl (C=O) groups is 1. The maximum Gasteiger partial charge on any atom is 0.272 e. The fourth-order valence-corrected chi connectivity index (χ4v) is 2.19. The maximum atomic E-state index is 12.0. The molecule has 0 fully saturated rings. The van der Waals surface area contributed by atoms with E-state index in [-0.39, 0.29) is 5.91 Å². The monoisotopic (exact) mass is 301 g/mol. The van der Waals surface area contributed by atoms with Gasteiger partial charge in [0.15, 0.2) is 0 Å². The summed E-state index contributed by atoms with van der Waals surface area (Å²) in [6, 6.07) is 5.75. The molecule has 2 aromatic heterocycles. The number of hydrogen-bond acceptors (Lipinski definition) is 4. The van der Waals surface area contributed by atoms with Crippen molar-refractivity contribution in [1.29, 1.82) is 0 Å². The van der Waals surface area contributed by atoms with Crippen molar-refractivity contribution in [2.45, 2.75) is 33.7 Å². The van der Waals surface area contributed by atoms with E-state index in [0.717, 1.165) is 36.6 Å². The summed E-state index contributed by atoms with van der Waals surface area (Å²) in [5.41, 5.74) is 2.34. The highest BCUT2D eigenvalue weighted by Gasteiger charge is 2.10. The quantitative estimate of drug-likeness (QED) is 0.821. The molecule has 118 valence electrons. The normalized spacial score (nSPS) is 10.5. The molecule has 0 atom stereocenters. The molecule has 0 spiro atoms. The van der Waals surface area contributed by atoms with Crippen LogP contribution in [0.3, 0.4) is 0 Å². The van der Waals surface area contributed by atoms with Crippen LogP contribution in [0.2, 0.25) is 0 Å². The van der Waals surface area contributed by atoms with E-state index in [1.165, 1.54) is 0 Å². The highest BCUT2D eigenvalue weighted by Crippen LogP contribution is 2.10. The number of rotatable bonds is 7. The zero-order chi connectivity index (χ0) is 15.9. The lowest BCUT2D eigenvalue weighted by Crippen LogP contribution is -2.24. The Morgan fingerprint density at radius 2 is 2.05 bits per heavy atom. The van der Waals surface area contributed by atoms with E-state index in [9.17, 15) is 4.79 Å². The minimum absolute atomic E-state index is 0.177. The molecule has 0 unspecified atom stereocenters. The Balaban J connectivity index is 1.92. The summed E-state index contributed by atoms with van der Waals surface area (Å²) in [5.74, 6) is 0.781. The average Bonchev–Trinajstić information content (AvgIpc) is 3.04. The fourth-order valence-electron chi connectivity index (χ4n) is 2.19. The molecule has 0 aliphatic rings. The van der Waals surface area contributed by atoms with Crippen molar-refractivity contribution in [2.24, 2.45) is 0 Å². The minimum atomic E-state index is -0.177. The Labute approximate surface area is 130 Å². The molecule has 2 rings (SSSR count). The molecule has 2 aromatic rings. The molecule has 0 radical (unpaired) electrons. The summed E-state index contributed by atoms with van der Waals surface area (Å²) >= 11 is 0. The van der Waals surface area contributed by atoms with E-state index in [4.69, 9.17) is 0 Å². The first-order chi connectivity index (χ1) is 10.7. The lowest BCUT2D eigenvalue weighted by atomic mass is 10.2. The first-order valence-corrected chi connectivity index (χ1v) is 7.70. The largest absolute Gasteiger partial charge is 0.357 e. The molecule has 0 bridgehead atoms. The number of H-pyrrole nitrogens is 1. The third-order valence-corrected chi connectivity index (χ3v) is 3.59. The molecule has 0 aromatic carbocycles. The van der Waals surface area contributed by atoms with Gasteiger partial charge in [-0.05, 0) is 38.0 Å². The van der Waals surface area contributed by atoms with Gasteiger partial charge in [-0.2, -0.15) is 5.10 Å². The van der Waals surface area contributed by atoms with Crippen LogP contribution >= 0.6 is 0 Å². The van der Waals surface area contributed by atoms with Gasteiger partial charge in [-0.3, -0.25) is 9.89 Å². The van der Waals surface area contributed by atoms with Gasteiger partial charge < -0.3 is 10.2 Å². The number of aryl methyl sites for hydroxylation is 1. The number of pyridine rings is 1. The summed E-state index contributed by atoms with van der Waals surface area (Å²) in [5, 5.41) is 9.69. The molecule has 2 N–H and O–H groups in total. The van der Waals surface area contributed by atoms with Gasteiger partial charge in [-0.25, -0.2) is 4.98 Å². The summed E-state index contributed by atoms with van der Waals surface area (Å²) in [6.45, 7) is 8.52. The fraction of sp³-hybridized carbons (Fsp3) is 0.438. The lowest BCUT2D eigenvalue weighted by molar-refractivity contribution is 0.0946. The first-order valence-electron chi connectivity index (χ1n) is 7.70. The Morgan fingerprint density at radius 3 is 2.59 bits per heavy atom. The second-order valence-electron chi connectivity index (χ2n) is 5.01. The summed E-state index contributed by atoms with van der Waals surface area (Å²) in [6.07, 6.45) is 2.63. The van der Waals surface area contributed by atoms with Crippen molar-refractivity contribution in [2.75, 3.05) is 18.0 Å². The van der Waals surface area contributed by atoms with E-state index in [2.05, 4.69) is 39.2 Å². The van der Waals surface area contributed by atoms with Crippen LogP contribution < -0.4 is 10.2 Å². The number of amides is 1. The third kappa shape index (κ3) is 3.84. The van der Waals surface area contributed by atoms with Gasteiger partial charge in [0.1, 0.15) is 11.5 Å². The number of nitrogens with one attached hydrogen (secondary N) is 2. The molecular formula is C16H23N5O. The molecule has 0 saturated heterocycles. The predicted octanol–water partition coefficient (Wildman–Crippen LogP) is 2.14. The SMILES string of the molecule is CCc1cc(C(=O)NCc2ccc(N(CC)CC)nc2)n[nH]1. The van der Waals surface area contributed by atoms with Crippen molar-refractivity contribution in [3.63, 3.8) is 0 Å². The third-order valence-electron chi connectivity index (χ3n) is 3.59. The van der Waals surface area contributed by atoms with Crippen molar-refractivity contribution < 1.29 is 4.79 Å². The predicted molar refractivity (Wildman–Crippen MR) is 86.9 cm³/mol. The van der Waals surface area contributed by atoms with E-state index >= 15 is 0 Å². The number of aromatic amines is 1. The van der Waals surface area contributed by atoms with Crippen molar-refractivity contribution in [1.82, 2.24) is 20.5 Å². The van der Waals surface area contributed by atoms with Crippen LogP contribution in [0.1, 0.15) is 42.5 Å². The van der Waals surface area contributed by atoms with Crippen LogP contribution in [0.15, 0.2) is 24.4 Å². The van der Waals surface area contributed by atoms with Crippen LogP contribution in [-0.2, 0) is 13.0 Å². The summed E-state index contributed by atoms with van der Waals surface area (Å²) in [4.78, 5) is 18.6. The molecule has 6 nitrogen and oxygen atoms in total. The molecule has 0 saturated carbocycles. The minimum Gasteiger partial charge on any atom is -0.357 e. The van der Waals surface area contributed by atoms with Crippen molar-refractivity contribution >= 4 is 11.7 Å². The van der Waals surface area contributed by atoms with Gasteiger partial charge in [-0.1, -0.05) is 13.0 Å². The van der Waals surface area contributed by atoms with Gasteiger partial charge in [0.2, 0.25) is 0 Å². The number of nitrogens with zero attached hydrogens (tertiary/aromatic N) is 3. The first kappa shape index (κ1) is 16.0. The Bertz CT molecular complexity index is 601. The lowest BCUT2D eigenvalue weighted by Gasteiger charge is -2.19. The summed E-state index contributed by atoms with van der Waals surface area (Å²) in [7, 11) is 0. The van der Waals surface area contributed by atoms with Crippen LogP contribution in [0, 0.1) is 0 Å². The van der Waals surface area contributed by atoms with Gasteiger partial charge in [0.25, 0.3) is 5.91 Å². The molecule has 0 aliphatic carbocycles. The Kier molecular flexibility index (Phi) is 5.52. The highest BCUT2D eigenvalue weighted by molar-refractivity contribution is 5.92. The number of anilines is 1. The van der Waals surface area contributed by atoms with Crippen molar-refractivity contribution in [3.05, 3.63) is 41.3 Å². The topological polar surface area (TPSA) is 73.9 Å². The van der Waals surface area contributed by atoms with Gasteiger partial charge in [-0.15, -0.1) is 0 Å². The highest BCUT2D eigenvalue weighted by atomic mass is 16.1. The van der Waals surface area contributed by atoms with Gasteiger partial charge in [0, 0.05) is 31.5 Å². The van der Waals surface area contributed by atoms with Gasteiger partial charge in [0.05, 0.1) is 0 Å². The van der Waals surface area contributed by atoms with Gasteiger partial charge >= 0.3 is 0 Å². The number of hydrogen-bond donors (Lipinski definition) is 2. The molecule has 22 heavy (non-hydrogen) atoms. The zero-order valence-corrected chi connectivity index (χ0v) is 13.4.